The van der Waals surface area contributed by atoms with Crippen LogP contribution < -0.4 is 0 Å². The molecule has 0 radical (unpaired) electrons. The molecule has 7 heteroatoms. The van der Waals surface area contributed by atoms with E-state index in [4.69, 9.17) is 14.7 Å². The predicted molar refractivity (Wildman–Crippen MR) is 124 cm³/mol. The van der Waals surface area contributed by atoms with Gasteiger partial charge in [0.15, 0.2) is 0 Å². The van der Waals surface area contributed by atoms with Gasteiger partial charge >= 0.3 is 5.97 Å². The van der Waals surface area contributed by atoms with Crippen molar-refractivity contribution in [1.82, 2.24) is 14.5 Å². The van der Waals surface area contributed by atoms with Crippen LogP contribution in [0.3, 0.4) is 0 Å². The van der Waals surface area contributed by atoms with Crippen molar-refractivity contribution in [2.45, 2.75) is 45.1 Å². The Bertz CT molecular complexity index is 1110. The molecule has 31 heavy (non-hydrogen) atoms. The smallest absolute Gasteiger partial charge is 0.305 e. The van der Waals surface area contributed by atoms with E-state index in [0.29, 0.717) is 6.42 Å². The van der Waals surface area contributed by atoms with Gasteiger partial charge in [-0.1, -0.05) is 35.3 Å². The van der Waals surface area contributed by atoms with Crippen molar-refractivity contribution in [2.24, 2.45) is 4.99 Å². The number of carbonyl (C=O) groups excluding carboxylic acids is 1. The standard InChI is InChI=1S/C24H25BrN4O2/c1-3-4-7-17-15-27-24-20(10-12-22(30)31-2)28-23(19-8-5-6-13-26-19)18-14-16(25)9-11-21(18)29(17)24/h5-6,8-9,11,13-15,20H,3-4,7,10,12H2,1-2H3. The van der Waals surface area contributed by atoms with Crippen molar-refractivity contribution in [3.63, 3.8) is 0 Å². The molecule has 3 heterocycles. The van der Waals surface area contributed by atoms with Gasteiger partial charge in [-0.25, -0.2) is 4.98 Å². The summed E-state index contributed by atoms with van der Waals surface area (Å²) in [7, 11) is 1.41. The molecule has 2 aromatic heterocycles. The maximum atomic E-state index is 11.9. The van der Waals surface area contributed by atoms with Crippen LogP contribution in [0, 0.1) is 0 Å². The number of nitrogens with zero attached hydrogens (tertiary/aromatic N) is 4. The van der Waals surface area contributed by atoms with Crippen LogP contribution in [-0.2, 0) is 16.0 Å². The summed E-state index contributed by atoms with van der Waals surface area (Å²) in [6, 6.07) is 11.8. The number of hydrogen-bond donors (Lipinski definition) is 0. The quantitative estimate of drug-likeness (QED) is 0.434. The van der Waals surface area contributed by atoms with Crippen molar-refractivity contribution < 1.29 is 9.53 Å². The zero-order valence-electron chi connectivity index (χ0n) is 17.7. The number of aliphatic imine (C=N–C) groups is 1. The van der Waals surface area contributed by atoms with Crippen LogP contribution in [0.4, 0.5) is 0 Å². The summed E-state index contributed by atoms with van der Waals surface area (Å²) in [5, 5.41) is 0. The molecule has 0 saturated heterocycles. The molecule has 1 aliphatic heterocycles. The van der Waals surface area contributed by atoms with Gasteiger partial charge in [0, 0.05) is 34.5 Å². The minimum atomic E-state index is -0.280. The highest BCUT2D eigenvalue weighted by Gasteiger charge is 2.28. The van der Waals surface area contributed by atoms with Crippen LogP contribution in [-0.4, -0.2) is 33.3 Å². The van der Waals surface area contributed by atoms with E-state index in [1.165, 1.54) is 7.11 Å². The van der Waals surface area contributed by atoms with E-state index in [1.807, 2.05) is 30.5 Å². The second-order valence-corrected chi connectivity index (χ2v) is 8.45. The Labute approximate surface area is 190 Å². The van der Waals surface area contributed by atoms with E-state index in [9.17, 15) is 4.79 Å². The van der Waals surface area contributed by atoms with Gasteiger partial charge in [0.2, 0.25) is 0 Å². The number of aromatic nitrogens is 3. The van der Waals surface area contributed by atoms with Crippen LogP contribution in [0.1, 0.15) is 61.4 Å². The van der Waals surface area contributed by atoms with Gasteiger partial charge in [-0.3, -0.25) is 19.3 Å². The van der Waals surface area contributed by atoms with Crippen molar-refractivity contribution >= 4 is 27.6 Å². The first kappa shape index (κ1) is 21.4. The summed E-state index contributed by atoms with van der Waals surface area (Å²) in [5.41, 5.74) is 4.78. The number of fused-ring (bicyclic) bond motifs is 3. The maximum absolute atomic E-state index is 11.9. The van der Waals surface area contributed by atoms with Gasteiger partial charge in [-0.15, -0.1) is 0 Å². The fourth-order valence-corrected chi connectivity index (χ4v) is 4.25. The second kappa shape index (κ2) is 9.56. The highest BCUT2D eigenvalue weighted by atomic mass is 79.9. The Hall–Kier alpha value is -2.80. The third-order valence-electron chi connectivity index (χ3n) is 5.44. The molecule has 4 rings (SSSR count). The topological polar surface area (TPSA) is 69.4 Å². The first-order valence-corrected chi connectivity index (χ1v) is 11.3. The van der Waals surface area contributed by atoms with Gasteiger partial charge in [-0.05, 0) is 49.6 Å². The number of hydrogen-bond acceptors (Lipinski definition) is 5. The average molecular weight is 481 g/mol. The lowest BCUT2D eigenvalue weighted by Gasteiger charge is -2.15. The number of imidazole rings is 1. The van der Waals surface area contributed by atoms with Gasteiger partial charge in [0.25, 0.3) is 0 Å². The molecule has 0 aliphatic carbocycles. The Balaban J connectivity index is 1.91. The van der Waals surface area contributed by atoms with Gasteiger partial charge in [0.1, 0.15) is 11.9 Å². The van der Waals surface area contributed by atoms with Crippen LogP contribution in [0.2, 0.25) is 0 Å². The third kappa shape index (κ3) is 4.46. The minimum absolute atomic E-state index is 0.247. The highest BCUT2D eigenvalue weighted by Crippen LogP contribution is 2.35. The molecule has 0 bridgehead atoms. The molecule has 160 valence electrons. The first-order chi connectivity index (χ1) is 15.1. The number of aryl methyl sites for hydroxylation is 1. The number of rotatable bonds is 7. The molecule has 0 N–H and O–H groups in total. The number of methoxy groups -OCH3 is 1. The first-order valence-electron chi connectivity index (χ1n) is 10.5. The zero-order valence-corrected chi connectivity index (χ0v) is 19.3. The number of esters is 1. The zero-order chi connectivity index (χ0) is 21.8. The SMILES string of the molecule is CCCCc1cnc2n1-c1ccc(Br)cc1C(c1ccccn1)=NC2CCC(=O)OC. The van der Waals surface area contributed by atoms with Crippen molar-refractivity contribution in [2.75, 3.05) is 7.11 Å². The molecule has 1 unspecified atom stereocenters. The Morgan fingerprint density at radius 3 is 2.84 bits per heavy atom. The molecule has 0 fully saturated rings. The molecular formula is C24H25BrN4O2. The fraction of sp³-hybridized carbons (Fsp3) is 0.333. The molecule has 0 amide bonds. The summed E-state index contributed by atoms with van der Waals surface area (Å²) in [6.45, 7) is 2.19. The van der Waals surface area contributed by atoms with Crippen LogP contribution in [0.5, 0.6) is 0 Å². The van der Waals surface area contributed by atoms with E-state index < -0.39 is 0 Å². The molecule has 0 saturated carbocycles. The maximum Gasteiger partial charge on any atom is 0.305 e. The molecule has 6 nitrogen and oxygen atoms in total. The highest BCUT2D eigenvalue weighted by molar-refractivity contribution is 9.10. The normalized spacial score (nSPS) is 14.9. The molecule has 1 aliphatic rings. The predicted octanol–water partition coefficient (Wildman–Crippen LogP) is 5.22. The van der Waals surface area contributed by atoms with Gasteiger partial charge in [0.05, 0.1) is 24.2 Å². The Morgan fingerprint density at radius 2 is 2.10 bits per heavy atom. The summed E-state index contributed by atoms with van der Waals surface area (Å²) in [6.07, 6.45) is 7.63. The summed E-state index contributed by atoms with van der Waals surface area (Å²) in [4.78, 5) is 26.4. The monoisotopic (exact) mass is 480 g/mol. The van der Waals surface area contributed by atoms with Crippen LogP contribution in [0.25, 0.3) is 5.69 Å². The number of benzene rings is 1. The fourth-order valence-electron chi connectivity index (χ4n) is 3.88. The summed E-state index contributed by atoms with van der Waals surface area (Å²) >= 11 is 3.62. The van der Waals surface area contributed by atoms with Crippen LogP contribution in [0.15, 0.2) is 58.3 Å². The van der Waals surface area contributed by atoms with Crippen LogP contribution >= 0.6 is 15.9 Å². The van der Waals surface area contributed by atoms with Crippen molar-refractivity contribution in [3.8, 4) is 5.69 Å². The number of carbonyl (C=O) groups is 1. The lowest BCUT2D eigenvalue weighted by Crippen LogP contribution is -2.10. The summed E-state index contributed by atoms with van der Waals surface area (Å²) in [5.74, 6) is 0.605. The molecule has 0 spiro atoms. The third-order valence-corrected chi connectivity index (χ3v) is 5.94. The second-order valence-electron chi connectivity index (χ2n) is 7.53. The van der Waals surface area contributed by atoms with Gasteiger partial charge < -0.3 is 4.74 Å². The average Bonchev–Trinajstić information content (AvgIpc) is 3.16. The number of halogens is 1. The largest absolute Gasteiger partial charge is 0.469 e. The number of unbranched alkanes of at least 4 members (excludes halogenated alkanes) is 1. The van der Waals surface area contributed by atoms with E-state index in [2.05, 4.69) is 44.5 Å². The number of ether oxygens (including phenoxy) is 1. The number of pyridine rings is 1. The van der Waals surface area contributed by atoms with Crippen molar-refractivity contribution in [1.29, 1.82) is 0 Å². The minimum Gasteiger partial charge on any atom is -0.469 e. The molecule has 1 atom stereocenters. The van der Waals surface area contributed by atoms with E-state index >= 15 is 0 Å². The lowest BCUT2D eigenvalue weighted by molar-refractivity contribution is -0.140. The Kier molecular flexibility index (Phi) is 6.61. The molecular weight excluding hydrogens is 456 g/mol. The van der Waals surface area contributed by atoms with Gasteiger partial charge in [-0.2, -0.15) is 0 Å². The van der Waals surface area contributed by atoms with E-state index in [-0.39, 0.29) is 18.4 Å². The molecule has 1 aromatic carbocycles. The Morgan fingerprint density at radius 1 is 1.23 bits per heavy atom. The van der Waals surface area contributed by atoms with E-state index in [0.717, 1.165) is 57.9 Å². The van der Waals surface area contributed by atoms with E-state index in [1.54, 1.807) is 6.20 Å². The molecule has 3 aromatic rings. The van der Waals surface area contributed by atoms with Crippen molar-refractivity contribution in [3.05, 3.63) is 76.0 Å². The lowest BCUT2D eigenvalue weighted by atomic mass is 10.0. The summed E-state index contributed by atoms with van der Waals surface area (Å²) < 4.78 is 8.07.